The summed E-state index contributed by atoms with van der Waals surface area (Å²) in [6, 6.07) is 19.1. The topological polar surface area (TPSA) is 17.1 Å². The van der Waals surface area contributed by atoms with E-state index in [9.17, 15) is 4.57 Å². The molecule has 4 aromatic carbocycles. The van der Waals surface area contributed by atoms with Gasteiger partial charge in [0.15, 0.2) is 0 Å². The van der Waals surface area contributed by atoms with E-state index in [1.165, 1.54) is 26.9 Å². The van der Waals surface area contributed by atoms with Crippen LogP contribution in [0.15, 0.2) is 54.6 Å². The highest BCUT2D eigenvalue weighted by Crippen LogP contribution is 2.35. The van der Waals surface area contributed by atoms with Crippen LogP contribution in [0.3, 0.4) is 0 Å². The Labute approximate surface area is 112 Å². The van der Waals surface area contributed by atoms with E-state index in [0.717, 1.165) is 10.7 Å². The molecule has 0 amide bonds. The van der Waals surface area contributed by atoms with Gasteiger partial charge < -0.3 is 4.57 Å². The number of rotatable bonds is 1. The third-order valence-electron chi connectivity index (χ3n) is 3.91. The van der Waals surface area contributed by atoms with Gasteiger partial charge in [0.05, 0.1) is 0 Å². The van der Waals surface area contributed by atoms with Crippen LogP contribution in [-0.2, 0) is 4.57 Å². The molecule has 2 heteroatoms. The van der Waals surface area contributed by atoms with Crippen LogP contribution in [0, 0.1) is 0 Å². The Morgan fingerprint density at radius 1 is 0.737 bits per heavy atom. The highest BCUT2D eigenvalue weighted by molar-refractivity contribution is 7.53. The van der Waals surface area contributed by atoms with Crippen LogP contribution in [0.2, 0.25) is 0 Å². The van der Waals surface area contributed by atoms with Crippen molar-refractivity contribution < 1.29 is 4.57 Å². The Morgan fingerprint density at radius 3 is 2.00 bits per heavy atom. The molecule has 4 rings (SSSR count). The van der Waals surface area contributed by atoms with E-state index in [1.54, 1.807) is 0 Å². The monoisotopic (exact) mass is 264 g/mol. The van der Waals surface area contributed by atoms with Gasteiger partial charge in [-0.25, -0.2) is 0 Å². The summed E-state index contributed by atoms with van der Waals surface area (Å²) in [6.45, 7) is 1.82. The van der Waals surface area contributed by atoms with Crippen molar-refractivity contribution in [2.45, 2.75) is 0 Å². The molecule has 0 aliphatic carbocycles. The molecule has 0 aliphatic heterocycles. The third kappa shape index (κ3) is 1.45. The molecular weight excluding hydrogens is 251 g/mol. The van der Waals surface area contributed by atoms with Crippen molar-refractivity contribution in [3.05, 3.63) is 54.6 Å². The second-order valence-electron chi connectivity index (χ2n) is 5.03. The summed E-state index contributed by atoms with van der Waals surface area (Å²) in [7, 11) is -1.68. The van der Waals surface area contributed by atoms with E-state index in [-0.39, 0.29) is 0 Å². The van der Waals surface area contributed by atoms with Crippen molar-refractivity contribution in [3.8, 4) is 0 Å². The predicted molar refractivity (Wildman–Crippen MR) is 84.7 cm³/mol. The molecule has 0 spiro atoms. The maximum absolute atomic E-state index is 12.0. The zero-order valence-electron chi connectivity index (χ0n) is 10.6. The van der Waals surface area contributed by atoms with Gasteiger partial charge in [0, 0.05) is 5.30 Å². The summed E-state index contributed by atoms with van der Waals surface area (Å²) in [4.78, 5) is 0. The van der Waals surface area contributed by atoms with Gasteiger partial charge in [-0.2, -0.15) is 0 Å². The zero-order valence-corrected chi connectivity index (χ0v) is 11.6. The van der Waals surface area contributed by atoms with Crippen molar-refractivity contribution >= 4 is 45.4 Å². The Hall–Kier alpha value is -1.85. The average Bonchev–Trinajstić information content (AvgIpc) is 2.44. The quantitative estimate of drug-likeness (QED) is 0.368. The molecule has 19 heavy (non-hydrogen) atoms. The first-order valence-corrected chi connectivity index (χ1v) is 8.34. The summed E-state index contributed by atoms with van der Waals surface area (Å²) in [5.41, 5.74) is 0. The van der Waals surface area contributed by atoms with E-state index in [4.69, 9.17) is 0 Å². The van der Waals surface area contributed by atoms with Gasteiger partial charge in [0.2, 0.25) is 0 Å². The molecule has 0 aromatic heterocycles. The molecule has 0 saturated heterocycles. The second kappa shape index (κ2) is 3.82. The van der Waals surface area contributed by atoms with E-state index < -0.39 is 7.80 Å². The lowest BCUT2D eigenvalue weighted by atomic mass is 9.94. The van der Waals surface area contributed by atoms with Crippen molar-refractivity contribution in [1.82, 2.24) is 0 Å². The molecule has 1 atom stereocenters. The fourth-order valence-electron chi connectivity index (χ4n) is 3.04. The summed E-state index contributed by atoms with van der Waals surface area (Å²) in [5, 5.41) is 8.43. The summed E-state index contributed by atoms with van der Waals surface area (Å²) < 4.78 is 12.0. The summed E-state index contributed by atoms with van der Waals surface area (Å²) >= 11 is 0. The van der Waals surface area contributed by atoms with Crippen molar-refractivity contribution in [2.24, 2.45) is 0 Å². The Kier molecular flexibility index (Phi) is 2.22. The minimum absolute atomic E-state index is 0.996. The van der Waals surface area contributed by atoms with Gasteiger partial charge in [0.25, 0.3) is 0 Å². The van der Waals surface area contributed by atoms with Crippen LogP contribution < -0.4 is 5.30 Å². The SMILES string of the molecule is C[PH](=O)c1ccc2ccc3cccc4ccc1c2c34. The van der Waals surface area contributed by atoms with Crippen LogP contribution in [0.1, 0.15) is 0 Å². The minimum atomic E-state index is -1.68. The molecular formula is C17H13OP. The smallest absolute Gasteiger partial charge is 0.101 e. The first kappa shape index (κ1) is 11.0. The van der Waals surface area contributed by atoms with Gasteiger partial charge in [0.1, 0.15) is 7.80 Å². The molecule has 1 unspecified atom stereocenters. The standard InChI is InChI=1S/C17H13OP/c1-19(18)15-10-8-13-6-5-11-3-2-4-12-7-9-14(15)17(13)16(11)12/h2-10,19H,1H3. The fraction of sp³-hybridized carbons (Fsp3) is 0.0588. The van der Waals surface area contributed by atoms with Gasteiger partial charge in [-0.15, -0.1) is 0 Å². The first-order valence-electron chi connectivity index (χ1n) is 6.43. The third-order valence-corrected chi connectivity index (χ3v) is 5.10. The van der Waals surface area contributed by atoms with E-state index in [0.29, 0.717) is 0 Å². The molecule has 0 fully saturated rings. The lowest BCUT2D eigenvalue weighted by Gasteiger charge is -2.12. The Bertz CT molecular complexity index is 924. The van der Waals surface area contributed by atoms with Gasteiger partial charge in [-0.1, -0.05) is 54.6 Å². The lowest BCUT2D eigenvalue weighted by Crippen LogP contribution is -1.98. The van der Waals surface area contributed by atoms with Crippen LogP contribution in [-0.4, -0.2) is 6.66 Å². The highest BCUT2D eigenvalue weighted by atomic mass is 31.1. The molecule has 0 bridgehead atoms. The van der Waals surface area contributed by atoms with Crippen LogP contribution in [0.4, 0.5) is 0 Å². The first-order chi connectivity index (χ1) is 9.25. The van der Waals surface area contributed by atoms with Crippen LogP contribution in [0.25, 0.3) is 32.3 Å². The Morgan fingerprint density at radius 2 is 1.32 bits per heavy atom. The molecule has 92 valence electrons. The van der Waals surface area contributed by atoms with E-state index >= 15 is 0 Å². The van der Waals surface area contributed by atoms with Crippen molar-refractivity contribution in [1.29, 1.82) is 0 Å². The number of hydrogen-bond acceptors (Lipinski definition) is 1. The maximum atomic E-state index is 12.0. The second-order valence-corrected chi connectivity index (χ2v) is 6.68. The average molecular weight is 264 g/mol. The van der Waals surface area contributed by atoms with Crippen molar-refractivity contribution in [3.63, 3.8) is 0 Å². The van der Waals surface area contributed by atoms with Crippen LogP contribution >= 0.6 is 7.80 Å². The lowest BCUT2D eigenvalue weighted by molar-refractivity contribution is 0.596. The normalized spacial score (nSPS) is 13.5. The van der Waals surface area contributed by atoms with E-state index in [2.05, 4.69) is 48.5 Å². The van der Waals surface area contributed by atoms with E-state index in [1.807, 2.05) is 12.7 Å². The fourth-order valence-corrected chi connectivity index (χ4v) is 3.95. The van der Waals surface area contributed by atoms with Crippen LogP contribution in [0.5, 0.6) is 0 Å². The van der Waals surface area contributed by atoms with Gasteiger partial charge in [-0.3, -0.25) is 0 Å². The predicted octanol–water partition coefficient (Wildman–Crippen LogP) is 4.40. The molecule has 0 heterocycles. The maximum Gasteiger partial charge on any atom is 0.101 e. The molecule has 0 radical (unpaired) electrons. The highest BCUT2D eigenvalue weighted by Gasteiger charge is 2.11. The molecule has 1 nitrogen and oxygen atoms in total. The largest absolute Gasteiger partial charge is 0.322 e. The van der Waals surface area contributed by atoms with Gasteiger partial charge >= 0.3 is 0 Å². The zero-order chi connectivity index (χ0) is 13.0. The summed E-state index contributed by atoms with van der Waals surface area (Å²) in [6.07, 6.45) is 0. The molecule has 4 aromatic rings. The number of benzene rings is 4. The molecule has 0 aliphatic rings. The molecule has 0 saturated carbocycles. The molecule has 0 N–H and O–H groups in total. The minimum Gasteiger partial charge on any atom is -0.322 e. The summed E-state index contributed by atoms with van der Waals surface area (Å²) in [5.74, 6) is 0. The number of hydrogen-bond donors (Lipinski definition) is 0. The van der Waals surface area contributed by atoms with Gasteiger partial charge in [-0.05, 0) is 39.0 Å². The Balaban J connectivity index is 2.38. The van der Waals surface area contributed by atoms with Crippen molar-refractivity contribution in [2.75, 3.05) is 6.66 Å².